The molecule has 10 heteroatoms. The molecule has 2 heterocycles. The van der Waals surface area contributed by atoms with Crippen LogP contribution in [-0.4, -0.2) is 65.0 Å². The van der Waals surface area contributed by atoms with Gasteiger partial charge in [0.05, 0.1) is 19.3 Å². The van der Waals surface area contributed by atoms with E-state index in [0.717, 1.165) is 25.9 Å². The van der Waals surface area contributed by atoms with Crippen molar-refractivity contribution in [3.05, 3.63) is 36.2 Å². The molecule has 1 aliphatic rings. The molecule has 1 aliphatic heterocycles. The number of rotatable bonds is 7. The van der Waals surface area contributed by atoms with Crippen LogP contribution in [0.5, 0.6) is 5.75 Å². The summed E-state index contributed by atoms with van der Waals surface area (Å²) >= 11 is 0. The maximum Gasteiger partial charge on any atom is 0.276 e. The van der Waals surface area contributed by atoms with E-state index in [1.165, 1.54) is 4.90 Å². The highest BCUT2D eigenvalue weighted by Gasteiger charge is 2.23. The van der Waals surface area contributed by atoms with Crippen LogP contribution in [0.3, 0.4) is 0 Å². The van der Waals surface area contributed by atoms with E-state index < -0.39 is 0 Å². The van der Waals surface area contributed by atoms with E-state index in [4.69, 9.17) is 4.74 Å². The minimum Gasteiger partial charge on any atom is -0.497 e. The lowest BCUT2D eigenvalue weighted by Crippen LogP contribution is -2.38. The van der Waals surface area contributed by atoms with Crippen LogP contribution in [0.25, 0.3) is 0 Å². The third-order valence-electron chi connectivity index (χ3n) is 4.77. The van der Waals surface area contributed by atoms with Crippen molar-refractivity contribution >= 4 is 29.9 Å². The molecule has 0 unspecified atom stereocenters. The maximum atomic E-state index is 12.8. The zero-order chi connectivity index (χ0) is 19.9. The van der Waals surface area contributed by atoms with Crippen molar-refractivity contribution < 1.29 is 14.3 Å². The molecule has 0 spiro atoms. The van der Waals surface area contributed by atoms with Crippen molar-refractivity contribution in [3.8, 4) is 5.75 Å². The molecule has 9 nitrogen and oxygen atoms in total. The van der Waals surface area contributed by atoms with E-state index >= 15 is 0 Å². The topological polar surface area (TPSA) is 101 Å². The highest BCUT2D eigenvalue weighted by molar-refractivity contribution is 5.98. The molecule has 0 saturated carbocycles. The summed E-state index contributed by atoms with van der Waals surface area (Å²) in [6.45, 7) is 4.02. The molecule has 0 aliphatic carbocycles. The first kappa shape index (κ1) is 22.6. The maximum absolute atomic E-state index is 12.8. The van der Waals surface area contributed by atoms with E-state index in [1.807, 2.05) is 6.92 Å². The second-order valence-corrected chi connectivity index (χ2v) is 6.66. The summed E-state index contributed by atoms with van der Waals surface area (Å²) < 4.78 is 6.91. The molecular formula is C19H27ClN6O3. The van der Waals surface area contributed by atoms with Crippen molar-refractivity contribution in [1.82, 2.24) is 25.2 Å². The average Bonchev–Trinajstić information content (AvgIpc) is 3.22. The van der Waals surface area contributed by atoms with Crippen molar-refractivity contribution in [2.24, 2.45) is 0 Å². The number of likely N-dealkylation sites (N-methyl/N-ethyl adjacent to an activating group) is 1. The number of nitrogens with zero attached hydrogens (tertiary/aromatic N) is 4. The third kappa shape index (κ3) is 5.91. The number of nitrogens with one attached hydrogen (secondary N) is 2. The predicted octanol–water partition coefficient (Wildman–Crippen LogP) is 1.73. The van der Waals surface area contributed by atoms with Gasteiger partial charge in [-0.15, -0.1) is 17.5 Å². The Balaban J connectivity index is 0.00000300. The second-order valence-electron chi connectivity index (χ2n) is 6.66. The van der Waals surface area contributed by atoms with E-state index in [1.54, 1.807) is 42.3 Å². The number of hydrogen-bond acceptors (Lipinski definition) is 6. The molecule has 2 aromatic rings. The van der Waals surface area contributed by atoms with Gasteiger partial charge in [0.2, 0.25) is 5.91 Å². The number of halogens is 1. The summed E-state index contributed by atoms with van der Waals surface area (Å²) in [6.07, 6.45) is 3.59. The number of anilines is 1. The molecule has 2 N–H and O–H groups in total. The Bertz CT molecular complexity index is 822. The molecule has 1 aromatic carbocycles. The van der Waals surface area contributed by atoms with Crippen LogP contribution in [-0.2, 0) is 4.79 Å². The number of aromatic nitrogens is 3. The van der Waals surface area contributed by atoms with Crippen LogP contribution in [0, 0.1) is 0 Å². The van der Waals surface area contributed by atoms with Gasteiger partial charge in [-0.05, 0) is 45.0 Å². The summed E-state index contributed by atoms with van der Waals surface area (Å²) in [6, 6.07) is 7.32. The van der Waals surface area contributed by atoms with E-state index in [2.05, 4.69) is 20.9 Å². The molecule has 3 rings (SSSR count). The fourth-order valence-electron chi connectivity index (χ4n) is 3.19. The van der Waals surface area contributed by atoms with Crippen LogP contribution >= 0.6 is 12.4 Å². The Morgan fingerprint density at radius 2 is 2.10 bits per heavy atom. The summed E-state index contributed by atoms with van der Waals surface area (Å²) in [5.74, 6) is 0.0634. The fraction of sp³-hybridized carbons (Fsp3) is 0.474. The van der Waals surface area contributed by atoms with Crippen molar-refractivity contribution in [2.75, 3.05) is 38.6 Å². The lowest BCUT2D eigenvalue weighted by molar-refractivity contribution is -0.116. The zero-order valence-electron chi connectivity index (χ0n) is 16.6. The first-order chi connectivity index (χ1) is 13.6. The summed E-state index contributed by atoms with van der Waals surface area (Å²) in [7, 11) is 1.56. The number of carbonyl (C=O) groups excluding carboxylic acids is 2. The standard InChI is InChI=1S/C19H26N6O3.ClH/c1-3-24(13-18(26)21-14-5-4-6-16(11-14)28-2)19(27)17-12-25(23-22-17)15-7-9-20-10-8-15;/h4-6,11-12,15,20H,3,7-10,13H2,1-2H3,(H,21,26);1H. The number of amides is 2. The molecule has 0 radical (unpaired) electrons. The Hall–Kier alpha value is -2.65. The summed E-state index contributed by atoms with van der Waals surface area (Å²) in [4.78, 5) is 26.6. The Labute approximate surface area is 176 Å². The van der Waals surface area contributed by atoms with Crippen LogP contribution in [0.1, 0.15) is 36.3 Å². The van der Waals surface area contributed by atoms with Gasteiger partial charge >= 0.3 is 0 Å². The van der Waals surface area contributed by atoms with E-state index in [9.17, 15) is 9.59 Å². The highest BCUT2D eigenvalue weighted by Crippen LogP contribution is 2.18. The Morgan fingerprint density at radius 3 is 2.79 bits per heavy atom. The van der Waals surface area contributed by atoms with Gasteiger partial charge in [-0.25, -0.2) is 4.68 Å². The fourth-order valence-corrected chi connectivity index (χ4v) is 3.19. The third-order valence-corrected chi connectivity index (χ3v) is 4.77. The lowest BCUT2D eigenvalue weighted by atomic mass is 10.1. The molecule has 2 amide bonds. The van der Waals surface area contributed by atoms with Gasteiger partial charge in [-0.1, -0.05) is 11.3 Å². The molecule has 1 fully saturated rings. The number of carbonyl (C=O) groups is 2. The highest BCUT2D eigenvalue weighted by atomic mass is 35.5. The van der Waals surface area contributed by atoms with Crippen LogP contribution < -0.4 is 15.4 Å². The van der Waals surface area contributed by atoms with Gasteiger partial charge in [0.25, 0.3) is 5.91 Å². The van der Waals surface area contributed by atoms with Gasteiger partial charge < -0.3 is 20.3 Å². The van der Waals surface area contributed by atoms with Crippen molar-refractivity contribution in [1.29, 1.82) is 0 Å². The monoisotopic (exact) mass is 422 g/mol. The van der Waals surface area contributed by atoms with Crippen molar-refractivity contribution in [2.45, 2.75) is 25.8 Å². The van der Waals surface area contributed by atoms with Gasteiger partial charge in [0, 0.05) is 18.3 Å². The smallest absolute Gasteiger partial charge is 0.276 e. The van der Waals surface area contributed by atoms with E-state index in [0.29, 0.717) is 18.0 Å². The predicted molar refractivity (Wildman–Crippen MR) is 112 cm³/mol. The van der Waals surface area contributed by atoms with E-state index in [-0.39, 0.29) is 42.5 Å². The summed E-state index contributed by atoms with van der Waals surface area (Å²) in [5.41, 5.74) is 0.874. The number of ether oxygens (including phenoxy) is 1. The number of benzene rings is 1. The normalized spacial score (nSPS) is 14.0. The van der Waals surface area contributed by atoms with Gasteiger partial charge in [-0.3, -0.25) is 9.59 Å². The molecule has 0 atom stereocenters. The molecular weight excluding hydrogens is 396 g/mol. The van der Waals surface area contributed by atoms with Crippen LogP contribution in [0.15, 0.2) is 30.5 Å². The first-order valence-corrected chi connectivity index (χ1v) is 9.46. The first-order valence-electron chi connectivity index (χ1n) is 9.46. The van der Waals surface area contributed by atoms with Crippen molar-refractivity contribution in [3.63, 3.8) is 0 Å². The molecule has 1 saturated heterocycles. The number of hydrogen-bond donors (Lipinski definition) is 2. The second kappa shape index (κ2) is 10.8. The van der Waals surface area contributed by atoms with Crippen LogP contribution in [0.4, 0.5) is 5.69 Å². The van der Waals surface area contributed by atoms with Gasteiger partial charge in [0.15, 0.2) is 5.69 Å². The molecule has 29 heavy (non-hydrogen) atoms. The minimum atomic E-state index is -0.302. The quantitative estimate of drug-likeness (QED) is 0.704. The summed E-state index contributed by atoms with van der Waals surface area (Å²) in [5, 5.41) is 14.2. The average molecular weight is 423 g/mol. The largest absolute Gasteiger partial charge is 0.497 e. The number of methoxy groups -OCH3 is 1. The lowest BCUT2D eigenvalue weighted by Gasteiger charge is -2.22. The van der Waals surface area contributed by atoms with Gasteiger partial charge in [-0.2, -0.15) is 0 Å². The Kier molecular flexibility index (Phi) is 8.41. The zero-order valence-corrected chi connectivity index (χ0v) is 17.4. The Morgan fingerprint density at radius 1 is 1.34 bits per heavy atom. The SMILES string of the molecule is CCN(CC(=O)Nc1cccc(OC)c1)C(=O)c1cn(C2CCNCC2)nn1.Cl. The van der Waals surface area contributed by atoms with Crippen LogP contribution in [0.2, 0.25) is 0 Å². The molecule has 158 valence electrons. The minimum absolute atomic E-state index is 0. The molecule has 1 aromatic heterocycles. The molecule has 0 bridgehead atoms. The van der Waals surface area contributed by atoms with Gasteiger partial charge in [0.1, 0.15) is 12.3 Å². The number of piperidine rings is 1.